The molecule has 0 bridgehead atoms. The molecule has 1 aliphatic heterocycles. The normalized spacial score (nSPS) is 20.7. The topological polar surface area (TPSA) is 46.6 Å². The first kappa shape index (κ1) is 16.4. The van der Waals surface area contributed by atoms with Crippen LogP contribution in [0.2, 0.25) is 0 Å². The summed E-state index contributed by atoms with van der Waals surface area (Å²) in [7, 11) is 0. The standard InChI is InChI=1S/C20H21NO3/c1-14-12-21(13-15(2)24-14)20(23)18-11-7-6-10-17(18)19(22)16-8-4-3-5-9-16/h3-11,14-15H,12-13H2,1-2H3/t14-,15-/m0/s1. The van der Waals surface area contributed by atoms with Gasteiger partial charge >= 0.3 is 0 Å². The van der Waals surface area contributed by atoms with Crippen LogP contribution < -0.4 is 0 Å². The Morgan fingerprint density at radius 3 is 2.04 bits per heavy atom. The van der Waals surface area contributed by atoms with E-state index in [4.69, 9.17) is 4.74 Å². The molecule has 2 aromatic rings. The number of hydrogen-bond donors (Lipinski definition) is 0. The maximum atomic E-state index is 13.0. The minimum Gasteiger partial charge on any atom is -0.372 e. The zero-order valence-corrected chi connectivity index (χ0v) is 13.9. The first-order chi connectivity index (χ1) is 11.6. The number of nitrogens with zero attached hydrogens (tertiary/aromatic N) is 1. The van der Waals surface area contributed by atoms with E-state index in [-0.39, 0.29) is 23.9 Å². The lowest BCUT2D eigenvalue weighted by molar-refractivity contribution is -0.0586. The first-order valence-electron chi connectivity index (χ1n) is 8.19. The Bertz CT molecular complexity index is 732. The molecule has 1 saturated heterocycles. The van der Waals surface area contributed by atoms with Gasteiger partial charge in [-0.2, -0.15) is 0 Å². The number of carbonyl (C=O) groups is 2. The predicted molar refractivity (Wildman–Crippen MR) is 92.2 cm³/mol. The molecule has 0 aromatic heterocycles. The molecule has 24 heavy (non-hydrogen) atoms. The third-order valence-corrected chi connectivity index (χ3v) is 4.14. The molecule has 2 atom stereocenters. The second kappa shape index (κ2) is 6.97. The average Bonchev–Trinajstić information content (AvgIpc) is 2.60. The van der Waals surface area contributed by atoms with Gasteiger partial charge in [-0.05, 0) is 19.9 Å². The Labute approximate surface area is 142 Å². The minimum absolute atomic E-state index is 0.00492. The molecule has 1 aliphatic rings. The molecule has 0 spiro atoms. The Kier molecular flexibility index (Phi) is 4.76. The highest BCUT2D eigenvalue weighted by Gasteiger charge is 2.28. The maximum Gasteiger partial charge on any atom is 0.254 e. The Morgan fingerprint density at radius 1 is 0.875 bits per heavy atom. The summed E-state index contributed by atoms with van der Waals surface area (Å²) in [5.41, 5.74) is 1.48. The number of benzene rings is 2. The van der Waals surface area contributed by atoms with Gasteiger partial charge in [0, 0.05) is 24.2 Å². The summed E-state index contributed by atoms with van der Waals surface area (Å²) in [6.45, 7) is 4.99. The van der Waals surface area contributed by atoms with Crippen LogP contribution in [-0.4, -0.2) is 41.9 Å². The first-order valence-corrected chi connectivity index (χ1v) is 8.19. The van der Waals surface area contributed by atoms with Gasteiger partial charge < -0.3 is 9.64 Å². The molecule has 1 fully saturated rings. The lowest BCUT2D eigenvalue weighted by Crippen LogP contribution is -2.48. The van der Waals surface area contributed by atoms with E-state index in [0.29, 0.717) is 29.8 Å². The van der Waals surface area contributed by atoms with Gasteiger partial charge in [-0.3, -0.25) is 9.59 Å². The van der Waals surface area contributed by atoms with Crippen molar-refractivity contribution in [3.63, 3.8) is 0 Å². The van der Waals surface area contributed by atoms with Crippen molar-refractivity contribution in [3.05, 3.63) is 71.3 Å². The number of ether oxygens (including phenoxy) is 1. The van der Waals surface area contributed by atoms with Crippen LogP contribution in [0.15, 0.2) is 54.6 Å². The number of carbonyl (C=O) groups excluding carboxylic acids is 2. The van der Waals surface area contributed by atoms with E-state index in [9.17, 15) is 9.59 Å². The Balaban J connectivity index is 1.92. The summed E-state index contributed by atoms with van der Waals surface area (Å²) in [5, 5.41) is 0. The molecule has 4 heteroatoms. The molecular formula is C20H21NO3. The van der Waals surface area contributed by atoms with Crippen LogP contribution in [0.4, 0.5) is 0 Å². The summed E-state index contributed by atoms with van der Waals surface area (Å²) in [5.74, 6) is -0.245. The van der Waals surface area contributed by atoms with Crippen LogP contribution >= 0.6 is 0 Å². The predicted octanol–water partition coefficient (Wildman–Crippen LogP) is 3.17. The minimum atomic E-state index is -0.131. The van der Waals surface area contributed by atoms with Crippen LogP contribution in [-0.2, 0) is 4.74 Å². The van der Waals surface area contributed by atoms with Gasteiger partial charge in [0.1, 0.15) is 0 Å². The molecule has 124 valence electrons. The summed E-state index contributed by atoms with van der Waals surface area (Å²) in [6, 6.07) is 16.1. The van der Waals surface area contributed by atoms with E-state index in [2.05, 4.69) is 0 Å². The monoisotopic (exact) mass is 323 g/mol. The highest BCUT2D eigenvalue weighted by Crippen LogP contribution is 2.19. The summed E-state index contributed by atoms with van der Waals surface area (Å²) < 4.78 is 5.69. The molecule has 1 heterocycles. The van der Waals surface area contributed by atoms with E-state index in [1.54, 1.807) is 41.3 Å². The third kappa shape index (κ3) is 3.39. The van der Waals surface area contributed by atoms with Crippen LogP contribution in [0.3, 0.4) is 0 Å². The summed E-state index contributed by atoms with van der Waals surface area (Å²) in [4.78, 5) is 27.5. The SMILES string of the molecule is C[C@H]1CN(C(=O)c2ccccc2C(=O)c2ccccc2)C[C@H](C)O1. The zero-order valence-electron chi connectivity index (χ0n) is 13.9. The van der Waals surface area contributed by atoms with E-state index in [1.807, 2.05) is 32.0 Å². The fourth-order valence-corrected chi connectivity index (χ4v) is 3.13. The number of hydrogen-bond acceptors (Lipinski definition) is 3. The quantitative estimate of drug-likeness (QED) is 0.815. The second-order valence-corrected chi connectivity index (χ2v) is 6.21. The lowest BCUT2D eigenvalue weighted by Gasteiger charge is -2.35. The molecule has 0 radical (unpaired) electrons. The average molecular weight is 323 g/mol. The second-order valence-electron chi connectivity index (χ2n) is 6.21. The van der Waals surface area contributed by atoms with Gasteiger partial charge in [0.05, 0.1) is 17.8 Å². The number of amides is 1. The van der Waals surface area contributed by atoms with E-state index < -0.39 is 0 Å². The molecule has 2 aromatic carbocycles. The fraction of sp³-hybridized carbons (Fsp3) is 0.300. The molecule has 4 nitrogen and oxygen atoms in total. The number of morpholine rings is 1. The van der Waals surface area contributed by atoms with Crippen LogP contribution in [0, 0.1) is 0 Å². The van der Waals surface area contributed by atoms with Gasteiger partial charge in [-0.15, -0.1) is 0 Å². The molecule has 0 saturated carbocycles. The van der Waals surface area contributed by atoms with E-state index >= 15 is 0 Å². The maximum absolute atomic E-state index is 13.0. The summed E-state index contributed by atoms with van der Waals surface area (Å²) in [6.07, 6.45) is -0.00984. The van der Waals surface area contributed by atoms with Crippen molar-refractivity contribution in [2.24, 2.45) is 0 Å². The molecular weight excluding hydrogens is 302 g/mol. The van der Waals surface area contributed by atoms with Crippen molar-refractivity contribution in [3.8, 4) is 0 Å². The smallest absolute Gasteiger partial charge is 0.254 e. The Morgan fingerprint density at radius 2 is 1.42 bits per heavy atom. The third-order valence-electron chi connectivity index (χ3n) is 4.14. The lowest BCUT2D eigenvalue weighted by atomic mass is 9.97. The van der Waals surface area contributed by atoms with Crippen LogP contribution in [0.25, 0.3) is 0 Å². The Hall–Kier alpha value is -2.46. The van der Waals surface area contributed by atoms with Crippen molar-refractivity contribution in [2.45, 2.75) is 26.1 Å². The highest BCUT2D eigenvalue weighted by molar-refractivity contribution is 6.15. The van der Waals surface area contributed by atoms with Gasteiger partial charge in [-0.1, -0.05) is 48.5 Å². The molecule has 0 N–H and O–H groups in total. The van der Waals surface area contributed by atoms with Crippen LogP contribution in [0.1, 0.15) is 40.1 Å². The number of rotatable bonds is 3. The summed E-state index contributed by atoms with van der Waals surface area (Å²) >= 11 is 0. The molecule has 3 rings (SSSR count). The van der Waals surface area contributed by atoms with Gasteiger partial charge in [0.15, 0.2) is 5.78 Å². The zero-order chi connectivity index (χ0) is 17.1. The van der Waals surface area contributed by atoms with Gasteiger partial charge in [0.25, 0.3) is 5.91 Å². The van der Waals surface area contributed by atoms with Crippen molar-refractivity contribution in [1.82, 2.24) is 4.90 Å². The van der Waals surface area contributed by atoms with Gasteiger partial charge in [0.2, 0.25) is 0 Å². The molecule has 1 amide bonds. The molecule has 0 aliphatic carbocycles. The van der Waals surface area contributed by atoms with E-state index in [1.165, 1.54) is 0 Å². The highest BCUT2D eigenvalue weighted by atomic mass is 16.5. The largest absolute Gasteiger partial charge is 0.372 e. The van der Waals surface area contributed by atoms with Crippen molar-refractivity contribution in [1.29, 1.82) is 0 Å². The van der Waals surface area contributed by atoms with Crippen LogP contribution in [0.5, 0.6) is 0 Å². The molecule has 0 unspecified atom stereocenters. The van der Waals surface area contributed by atoms with Gasteiger partial charge in [-0.25, -0.2) is 0 Å². The van der Waals surface area contributed by atoms with Crippen molar-refractivity contribution >= 4 is 11.7 Å². The van der Waals surface area contributed by atoms with Crippen molar-refractivity contribution in [2.75, 3.05) is 13.1 Å². The van der Waals surface area contributed by atoms with Crippen molar-refractivity contribution < 1.29 is 14.3 Å². The van der Waals surface area contributed by atoms with E-state index in [0.717, 1.165) is 0 Å². The number of ketones is 1. The fourth-order valence-electron chi connectivity index (χ4n) is 3.13.